The summed E-state index contributed by atoms with van der Waals surface area (Å²) in [6.07, 6.45) is 0.962. The van der Waals surface area contributed by atoms with Crippen LogP contribution in [0.15, 0.2) is 42.5 Å². The van der Waals surface area contributed by atoms with Crippen LogP contribution < -0.4 is 10.1 Å². The lowest BCUT2D eigenvalue weighted by molar-refractivity contribution is 0.102. The van der Waals surface area contributed by atoms with Gasteiger partial charge in [0.05, 0.1) is 13.2 Å². The number of rotatable bonds is 8. The molecule has 6 nitrogen and oxygen atoms in total. The van der Waals surface area contributed by atoms with Gasteiger partial charge in [-0.3, -0.25) is 14.4 Å². The summed E-state index contributed by atoms with van der Waals surface area (Å²) in [6.45, 7) is 13.7. The number of amides is 1. The van der Waals surface area contributed by atoms with Crippen LogP contribution in [0.5, 0.6) is 5.75 Å². The third-order valence-electron chi connectivity index (χ3n) is 6.38. The van der Waals surface area contributed by atoms with E-state index >= 15 is 0 Å². The van der Waals surface area contributed by atoms with Crippen LogP contribution in [0.25, 0.3) is 0 Å². The zero-order valence-electron chi connectivity index (χ0n) is 21.3. The maximum Gasteiger partial charge on any atom is 0.256 e. The minimum atomic E-state index is -0.146. The molecule has 4 rings (SSSR count). The summed E-state index contributed by atoms with van der Waals surface area (Å²) >= 11 is 6.26. The highest BCUT2D eigenvalue weighted by Gasteiger charge is 2.20. The van der Waals surface area contributed by atoms with Crippen molar-refractivity contribution in [3.05, 3.63) is 75.4 Å². The zero-order chi connectivity index (χ0) is 25.1. The molecule has 1 N–H and O–H groups in total. The fourth-order valence-electron chi connectivity index (χ4n) is 4.31. The molecule has 1 aliphatic heterocycles. The fourth-order valence-corrected chi connectivity index (χ4v) is 4.50. The van der Waals surface area contributed by atoms with E-state index in [4.69, 9.17) is 16.3 Å². The number of halogens is 1. The molecule has 1 amide bonds. The summed E-state index contributed by atoms with van der Waals surface area (Å²) in [4.78, 5) is 15.4. The van der Waals surface area contributed by atoms with Crippen molar-refractivity contribution < 1.29 is 9.53 Å². The van der Waals surface area contributed by atoms with Gasteiger partial charge < -0.3 is 10.1 Å². The molecule has 0 saturated carbocycles. The van der Waals surface area contributed by atoms with E-state index in [1.54, 1.807) is 0 Å². The molecular weight excluding hydrogens is 460 g/mol. The lowest BCUT2D eigenvalue weighted by Crippen LogP contribution is -2.36. The molecule has 186 valence electrons. The van der Waals surface area contributed by atoms with Gasteiger partial charge in [0.2, 0.25) is 0 Å². The maximum absolute atomic E-state index is 13.0. The number of anilines is 1. The topological polar surface area (TPSA) is 59.4 Å². The van der Waals surface area contributed by atoms with Gasteiger partial charge in [-0.2, -0.15) is 5.10 Å². The van der Waals surface area contributed by atoms with E-state index < -0.39 is 0 Å². The number of benzene rings is 2. The predicted octanol–water partition coefficient (Wildman–Crippen LogP) is 5.95. The standard InChI is InChI=1S/C28H35ClN4O2/c1-18(2)17-35-26-9-8-25(29)14-24(26)16-33-20(5)12-27(31-33)30-28(34)22-6-7-23-15-32(19(3)4)11-10-21(23)13-22/h6-9,12-14,18-19H,10-11,15-17H2,1-5H3,(H,30,31,34). The average molecular weight is 495 g/mol. The SMILES string of the molecule is Cc1cc(NC(=O)c2ccc3c(c2)CCN(C(C)C)C3)nn1Cc1cc(Cl)ccc1OCC(C)C. The van der Waals surface area contributed by atoms with Gasteiger partial charge in [-0.05, 0) is 74.6 Å². The Labute approximate surface area is 213 Å². The molecule has 2 heterocycles. The number of hydrogen-bond acceptors (Lipinski definition) is 4. The molecule has 2 aromatic carbocycles. The first-order valence-corrected chi connectivity index (χ1v) is 12.7. The zero-order valence-corrected chi connectivity index (χ0v) is 22.0. The van der Waals surface area contributed by atoms with Crippen molar-refractivity contribution in [1.29, 1.82) is 0 Å². The molecule has 0 unspecified atom stereocenters. The highest BCUT2D eigenvalue weighted by Crippen LogP contribution is 2.26. The summed E-state index contributed by atoms with van der Waals surface area (Å²) in [6, 6.07) is 14.1. The van der Waals surface area contributed by atoms with E-state index in [0.29, 0.717) is 41.5 Å². The van der Waals surface area contributed by atoms with Gasteiger partial charge >= 0.3 is 0 Å². The van der Waals surface area contributed by atoms with Crippen molar-refractivity contribution in [1.82, 2.24) is 14.7 Å². The lowest BCUT2D eigenvalue weighted by atomic mass is 9.96. The molecule has 0 bridgehead atoms. The van der Waals surface area contributed by atoms with Crippen LogP contribution >= 0.6 is 11.6 Å². The van der Waals surface area contributed by atoms with Crippen LogP contribution in [-0.4, -0.2) is 39.8 Å². The largest absolute Gasteiger partial charge is 0.493 e. The Hall–Kier alpha value is -2.83. The van der Waals surface area contributed by atoms with Crippen molar-refractivity contribution in [2.45, 2.75) is 60.2 Å². The first-order valence-electron chi connectivity index (χ1n) is 12.3. The number of aromatic nitrogens is 2. The Balaban J connectivity index is 1.46. The molecular formula is C28H35ClN4O2. The van der Waals surface area contributed by atoms with Gasteiger partial charge in [-0.1, -0.05) is 31.5 Å². The average Bonchev–Trinajstić information content (AvgIpc) is 3.15. The summed E-state index contributed by atoms with van der Waals surface area (Å²) < 4.78 is 7.85. The van der Waals surface area contributed by atoms with Crippen molar-refractivity contribution in [2.24, 2.45) is 5.92 Å². The number of nitrogens with one attached hydrogen (secondary N) is 1. The molecule has 0 atom stereocenters. The first-order chi connectivity index (χ1) is 16.7. The molecule has 0 radical (unpaired) electrons. The molecule has 0 saturated heterocycles. The van der Waals surface area contributed by atoms with Gasteiger partial charge in [0, 0.05) is 47.0 Å². The van der Waals surface area contributed by atoms with E-state index in [9.17, 15) is 4.79 Å². The summed E-state index contributed by atoms with van der Waals surface area (Å²) in [5.41, 5.74) is 5.11. The minimum Gasteiger partial charge on any atom is -0.493 e. The molecule has 1 aromatic heterocycles. The molecule has 0 fully saturated rings. The quantitative estimate of drug-likeness (QED) is 0.420. The third-order valence-corrected chi connectivity index (χ3v) is 6.61. The van der Waals surface area contributed by atoms with E-state index in [-0.39, 0.29) is 5.91 Å². The van der Waals surface area contributed by atoms with Gasteiger partial charge in [-0.15, -0.1) is 0 Å². The highest BCUT2D eigenvalue weighted by molar-refractivity contribution is 6.30. The third kappa shape index (κ3) is 6.24. The molecule has 3 aromatic rings. The second kappa shape index (κ2) is 10.8. The Morgan fingerprint density at radius 3 is 2.66 bits per heavy atom. The minimum absolute atomic E-state index is 0.146. The second-order valence-corrected chi connectivity index (χ2v) is 10.5. The van der Waals surface area contributed by atoms with Crippen LogP contribution in [-0.2, 0) is 19.5 Å². The fraction of sp³-hybridized carbons (Fsp3) is 0.429. The van der Waals surface area contributed by atoms with E-state index in [0.717, 1.165) is 36.5 Å². The van der Waals surface area contributed by atoms with Crippen LogP contribution in [0.2, 0.25) is 5.02 Å². The molecule has 0 spiro atoms. The van der Waals surface area contributed by atoms with Crippen LogP contribution in [0.3, 0.4) is 0 Å². The Morgan fingerprint density at radius 2 is 1.91 bits per heavy atom. The number of nitrogens with zero attached hydrogens (tertiary/aromatic N) is 3. The van der Waals surface area contributed by atoms with Crippen molar-refractivity contribution in [2.75, 3.05) is 18.5 Å². The number of fused-ring (bicyclic) bond motifs is 1. The molecule has 1 aliphatic rings. The van der Waals surface area contributed by atoms with Crippen molar-refractivity contribution >= 4 is 23.3 Å². The monoisotopic (exact) mass is 494 g/mol. The summed E-state index contributed by atoms with van der Waals surface area (Å²) in [5, 5.41) is 8.25. The van der Waals surface area contributed by atoms with Crippen LogP contribution in [0.1, 0.15) is 60.4 Å². The number of carbonyl (C=O) groups is 1. The second-order valence-electron chi connectivity index (χ2n) is 10.0. The van der Waals surface area contributed by atoms with Gasteiger partial charge in [0.1, 0.15) is 5.75 Å². The number of ether oxygens (including phenoxy) is 1. The van der Waals surface area contributed by atoms with Crippen LogP contribution in [0.4, 0.5) is 5.82 Å². The maximum atomic E-state index is 13.0. The number of hydrogen-bond donors (Lipinski definition) is 1. The van der Waals surface area contributed by atoms with E-state index in [2.05, 4.69) is 49.1 Å². The Morgan fingerprint density at radius 1 is 1.11 bits per heavy atom. The molecule has 7 heteroatoms. The van der Waals surface area contributed by atoms with E-state index in [1.807, 2.05) is 48.0 Å². The smallest absolute Gasteiger partial charge is 0.256 e. The van der Waals surface area contributed by atoms with Gasteiger partial charge in [0.15, 0.2) is 5.82 Å². The predicted molar refractivity (Wildman–Crippen MR) is 141 cm³/mol. The van der Waals surface area contributed by atoms with Gasteiger partial charge in [-0.25, -0.2) is 0 Å². The van der Waals surface area contributed by atoms with Gasteiger partial charge in [0.25, 0.3) is 5.91 Å². The van der Waals surface area contributed by atoms with E-state index in [1.165, 1.54) is 11.1 Å². The summed E-state index contributed by atoms with van der Waals surface area (Å²) in [5.74, 6) is 1.61. The Bertz CT molecular complexity index is 1200. The Kier molecular flexibility index (Phi) is 7.82. The highest BCUT2D eigenvalue weighted by atomic mass is 35.5. The van der Waals surface area contributed by atoms with Crippen LogP contribution in [0, 0.1) is 12.8 Å². The number of carbonyl (C=O) groups excluding carboxylic acids is 1. The first kappa shape index (κ1) is 25.3. The van der Waals surface area contributed by atoms with Crippen molar-refractivity contribution in [3.8, 4) is 5.75 Å². The normalized spacial score (nSPS) is 13.8. The molecule has 35 heavy (non-hydrogen) atoms. The number of aryl methyl sites for hydroxylation is 1. The van der Waals surface area contributed by atoms with Crippen molar-refractivity contribution in [3.63, 3.8) is 0 Å². The molecule has 0 aliphatic carbocycles. The lowest BCUT2D eigenvalue weighted by Gasteiger charge is -2.32. The summed E-state index contributed by atoms with van der Waals surface area (Å²) in [7, 11) is 0.